The Hall–Kier alpha value is -3.71. The van der Waals surface area contributed by atoms with Crippen LogP contribution in [-0.2, 0) is 9.59 Å². The van der Waals surface area contributed by atoms with E-state index < -0.39 is 6.04 Å². The van der Waals surface area contributed by atoms with Crippen LogP contribution in [0.3, 0.4) is 0 Å². The van der Waals surface area contributed by atoms with Crippen LogP contribution < -0.4 is 5.32 Å². The van der Waals surface area contributed by atoms with Crippen LogP contribution in [0, 0.1) is 13.8 Å². The summed E-state index contributed by atoms with van der Waals surface area (Å²) in [6, 6.07) is 22.4. The Morgan fingerprint density at radius 3 is 2.45 bits per heavy atom. The zero-order valence-corrected chi connectivity index (χ0v) is 19.1. The molecule has 2 amide bonds. The van der Waals surface area contributed by atoms with Crippen LogP contribution in [0.2, 0.25) is 0 Å². The van der Waals surface area contributed by atoms with Crippen molar-refractivity contribution in [3.63, 3.8) is 0 Å². The molecule has 164 valence electrons. The summed E-state index contributed by atoms with van der Waals surface area (Å²) >= 11 is 1.24. The Bertz CT molecular complexity index is 1300. The van der Waals surface area contributed by atoms with E-state index in [1.165, 1.54) is 11.8 Å². The fraction of sp³-hybridized carbons (Fsp3) is 0.154. The zero-order chi connectivity index (χ0) is 22.9. The molecule has 3 aromatic rings. The molecule has 0 unspecified atom stereocenters. The first-order valence-electron chi connectivity index (χ1n) is 10.7. The van der Waals surface area contributed by atoms with E-state index in [4.69, 9.17) is 9.98 Å². The molecule has 2 aliphatic heterocycles. The first-order valence-corrected chi connectivity index (χ1v) is 11.6. The van der Waals surface area contributed by atoms with Crippen LogP contribution in [0.25, 0.3) is 0 Å². The van der Waals surface area contributed by atoms with E-state index in [0.717, 1.165) is 33.6 Å². The molecule has 0 spiro atoms. The molecule has 0 bridgehead atoms. The number of thioether (sulfide) groups is 1. The smallest absolute Gasteiger partial charge is 0.263 e. The average molecular weight is 455 g/mol. The highest BCUT2D eigenvalue weighted by atomic mass is 32.2. The predicted octanol–water partition coefficient (Wildman–Crippen LogP) is 5.01. The van der Waals surface area contributed by atoms with Gasteiger partial charge in [-0.25, -0.2) is 14.9 Å². The minimum Gasteiger partial charge on any atom is -0.325 e. The van der Waals surface area contributed by atoms with Gasteiger partial charge < -0.3 is 5.32 Å². The Balaban J connectivity index is 1.40. The molecule has 1 N–H and O–H groups in total. The summed E-state index contributed by atoms with van der Waals surface area (Å²) in [4.78, 5) is 37.1. The summed E-state index contributed by atoms with van der Waals surface area (Å²) in [5, 5.41) is 3.40. The molecule has 2 aliphatic rings. The number of hydrogen-bond acceptors (Lipinski definition) is 5. The first-order chi connectivity index (χ1) is 16.0. The molecule has 3 aromatic carbocycles. The number of nitrogens with zero attached hydrogens (tertiary/aromatic N) is 3. The maximum atomic E-state index is 13.4. The highest BCUT2D eigenvalue weighted by Crippen LogP contribution is 2.37. The quantitative estimate of drug-likeness (QED) is 0.602. The number of aliphatic imine (C=N–C) groups is 2. The molecule has 6 nitrogen and oxygen atoms in total. The minimum absolute atomic E-state index is 0.126. The van der Waals surface area contributed by atoms with Crippen molar-refractivity contribution in [1.82, 2.24) is 4.90 Å². The van der Waals surface area contributed by atoms with Gasteiger partial charge in [0.2, 0.25) is 5.91 Å². The summed E-state index contributed by atoms with van der Waals surface area (Å²) in [6.45, 7) is 3.99. The fourth-order valence-electron chi connectivity index (χ4n) is 4.07. The first kappa shape index (κ1) is 21.2. The van der Waals surface area contributed by atoms with Crippen LogP contribution in [0.15, 0.2) is 82.8 Å². The van der Waals surface area contributed by atoms with E-state index in [9.17, 15) is 9.59 Å². The van der Waals surface area contributed by atoms with Crippen LogP contribution in [-0.4, -0.2) is 33.5 Å². The van der Waals surface area contributed by atoms with Gasteiger partial charge in [-0.05, 0) is 54.8 Å². The molecular formula is C26H22N4O2S. The Kier molecular flexibility index (Phi) is 5.56. The van der Waals surface area contributed by atoms with Gasteiger partial charge in [0, 0.05) is 11.3 Å². The zero-order valence-electron chi connectivity index (χ0n) is 18.3. The normalized spacial score (nSPS) is 16.6. The van der Waals surface area contributed by atoms with Crippen molar-refractivity contribution in [2.24, 2.45) is 9.98 Å². The van der Waals surface area contributed by atoms with E-state index >= 15 is 0 Å². The van der Waals surface area contributed by atoms with Crippen LogP contribution in [0.1, 0.15) is 28.3 Å². The highest BCUT2D eigenvalue weighted by Gasteiger charge is 2.42. The molecule has 2 heterocycles. The molecule has 5 rings (SSSR count). The summed E-state index contributed by atoms with van der Waals surface area (Å²) in [5.41, 5.74) is 5.32. The fourth-order valence-corrected chi connectivity index (χ4v) is 4.87. The van der Waals surface area contributed by atoms with Gasteiger partial charge >= 0.3 is 0 Å². The van der Waals surface area contributed by atoms with Gasteiger partial charge in [0.05, 0.1) is 11.4 Å². The van der Waals surface area contributed by atoms with Crippen LogP contribution in [0.5, 0.6) is 0 Å². The summed E-state index contributed by atoms with van der Waals surface area (Å²) in [6.07, 6.45) is 0. The van der Waals surface area contributed by atoms with Crippen molar-refractivity contribution >= 4 is 46.0 Å². The average Bonchev–Trinajstić information content (AvgIpc) is 3.15. The Labute approximate surface area is 196 Å². The lowest BCUT2D eigenvalue weighted by molar-refractivity contribution is -0.124. The summed E-state index contributed by atoms with van der Waals surface area (Å²) < 4.78 is 0. The standard InChI is InChI=1S/C26H22N4O2S/c1-16-12-17(2)14-19(13-16)27-22(31)15-33-26-28-21-11-7-6-10-20(21)24-29-23(25(32)30(24)26)18-8-4-3-5-9-18/h3-14,23H,15H2,1-2H3,(H,27,31)/t23-/m1/s1. The van der Waals surface area contributed by atoms with Gasteiger partial charge in [0.25, 0.3) is 5.91 Å². The van der Waals surface area contributed by atoms with E-state index in [0.29, 0.717) is 11.0 Å². The number of para-hydroxylation sites is 1. The highest BCUT2D eigenvalue weighted by molar-refractivity contribution is 8.14. The third-order valence-corrected chi connectivity index (χ3v) is 6.36. The number of fused-ring (bicyclic) bond motifs is 3. The largest absolute Gasteiger partial charge is 0.325 e. The van der Waals surface area contributed by atoms with Gasteiger partial charge in [0.15, 0.2) is 11.2 Å². The number of amidine groups is 2. The molecule has 7 heteroatoms. The van der Waals surface area contributed by atoms with Crippen molar-refractivity contribution in [2.45, 2.75) is 19.9 Å². The van der Waals surface area contributed by atoms with Crippen LogP contribution in [0.4, 0.5) is 11.4 Å². The second-order valence-electron chi connectivity index (χ2n) is 8.06. The van der Waals surface area contributed by atoms with Crippen molar-refractivity contribution in [2.75, 3.05) is 11.1 Å². The number of hydrogen-bond donors (Lipinski definition) is 1. The van der Waals surface area contributed by atoms with Gasteiger partial charge in [-0.3, -0.25) is 9.59 Å². The number of carbonyl (C=O) groups excluding carboxylic acids is 2. The van der Waals surface area contributed by atoms with Crippen LogP contribution >= 0.6 is 11.8 Å². The number of aryl methyl sites for hydroxylation is 2. The Morgan fingerprint density at radius 2 is 1.70 bits per heavy atom. The second kappa shape index (κ2) is 8.67. The third kappa shape index (κ3) is 4.19. The number of anilines is 1. The molecule has 0 saturated heterocycles. The monoisotopic (exact) mass is 454 g/mol. The van der Waals surface area contributed by atoms with Gasteiger partial charge in [-0.1, -0.05) is 60.3 Å². The number of carbonyl (C=O) groups is 2. The van der Waals surface area contributed by atoms with Crippen molar-refractivity contribution in [1.29, 1.82) is 0 Å². The molecule has 0 fully saturated rings. The van der Waals surface area contributed by atoms with Crippen molar-refractivity contribution in [3.05, 3.63) is 95.1 Å². The molecule has 0 radical (unpaired) electrons. The molecule has 0 aliphatic carbocycles. The molecular weight excluding hydrogens is 432 g/mol. The minimum atomic E-state index is -0.623. The lowest BCUT2D eigenvalue weighted by atomic mass is 10.1. The lowest BCUT2D eigenvalue weighted by Crippen LogP contribution is -2.40. The number of rotatable bonds is 4. The van der Waals surface area contributed by atoms with E-state index in [1.54, 1.807) is 4.90 Å². The van der Waals surface area contributed by atoms with Crippen molar-refractivity contribution in [3.8, 4) is 0 Å². The van der Waals surface area contributed by atoms with Gasteiger partial charge in [0.1, 0.15) is 5.84 Å². The predicted molar refractivity (Wildman–Crippen MR) is 133 cm³/mol. The SMILES string of the molecule is Cc1cc(C)cc(NC(=O)CSC2=Nc3ccccc3C3=N[C@H](c4ccccc4)C(=O)N23)c1. The second-order valence-corrected chi connectivity index (χ2v) is 9.01. The van der Waals surface area contributed by atoms with Gasteiger partial charge in [-0.15, -0.1) is 0 Å². The molecule has 1 atom stereocenters. The van der Waals surface area contributed by atoms with Crippen molar-refractivity contribution < 1.29 is 9.59 Å². The molecule has 0 saturated carbocycles. The maximum absolute atomic E-state index is 13.4. The number of amides is 2. The number of nitrogens with one attached hydrogen (secondary N) is 1. The molecule has 33 heavy (non-hydrogen) atoms. The summed E-state index contributed by atoms with van der Waals surface area (Å²) in [7, 11) is 0. The van der Waals surface area contributed by atoms with Gasteiger partial charge in [-0.2, -0.15) is 0 Å². The topological polar surface area (TPSA) is 74.1 Å². The van der Waals surface area contributed by atoms with E-state index in [1.807, 2.05) is 80.6 Å². The van der Waals surface area contributed by atoms with E-state index in [-0.39, 0.29) is 17.6 Å². The molecule has 0 aromatic heterocycles. The number of benzene rings is 3. The third-order valence-electron chi connectivity index (χ3n) is 5.42. The lowest BCUT2D eigenvalue weighted by Gasteiger charge is -2.25. The maximum Gasteiger partial charge on any atom is 0.263 e. The Morgan fingerprint density at radius 1 is 1.00 bits per heavy atom. The van der Waals surface area contributed by atoms with E-state index in [2.05, 4.69) is 11.4 Å². The summed E-state index contributed by atoms with van der Waals surface area (Å²) in [5.74, 6) is 0.390.